The zero-order chi connectivity index (χ0) is 17.4. The van der Waals surface area contributed by atoms with Crippen LogP contribution in [0.2, 0.25) is 0 Å². The summed E-state index contributed by atoms with van der Waals surface area (Å²) in [6.07, 6.45) is -12.0. The minimum absolute atomic E-state index is 0.469. The lowest BCUT2D eigenvalue weighted by Gasteiger charge is -2.39. The molecule has 0 spiro atoms. The molecular formula is C12H22O11. The van der Waals surface area contributed by atoms with Crippen molar-refractivity contribution in [2.75, 3.05) is 19.8 Å². The Morgan fingerprint density at radius 1 is 0.870 bits per heavy atom. The van der Waals surface area contributed by atoms with Gasteiger partial charge in [0, 0.05) is 0 Å². The summed E-state index contributed by atoms with van der Waals surface area (Å²) >= 11 is 0. The summed E-state index contributed by atoms with van der Waals surface area (Å²) in [7, 11) is 0. The van der Waals surface area contributed by atoms with Crippen LogP contribution >= 0.6 is 0 Å². The van der Waals surface area contributed by atoms with Crippen molar-refractivity contribution in [2.24, 2.45) is 0 Å². The zero-order valence-corrected chi connectivity index (χ0v) is 12.0. The van der Waals surface area contributed by atoms with E-state index >= 15 is 0 Å². The average Bonchev–Trinajstić information content (AvgIpc) is 2.77. The SMILES string of the molecule is OC[C@H]1O[C@H](OC[C@@H]2O[C@@](O)(CO)[C@@H](O)[C@@H]2O)[C@H](O)[C@@H](O)[C@@H]1O. The Bertz CT molecular complexity index is 393. The van der Waals surface area contributed by atoms with Gasteiger partial charge in [-0.15, -0.1) is 0 Å². The molecule has 23 heavy (non-hydrogen) atoms. The van der Waals surface area contributed by atoms with Crippen molar-refractivity contribution in [3.63, 3.8) is 0 Å². The van der Waals surface area contributed by atoms with E-state index in [4.69, 9.17) is 24.4 Å². The molecule has 2 aliphatic heterocycles. The number of hydrogen-bond acceptors (Lipinski definition) is 11. The fourth-order valence-electron chi connectivity index (χ4n) is 2.53. The van der Waals surface area contributed by atoms with Crippen LogP contribution in [0.25, 0.3) is 0 Å². The minimum Gasteiger partial charge on any atom is -0.394 e. The summed E-state index contributed by atoms with van der Waals surface area (Å²) in [6, 6.07) is 0. The van der Waals surface area contributed by atoms with Crippen LogP contribution in [0.3, 0.4) is 0 Å². The van der Waals surface area contributed by atoms with Gasteiger partial charge in [0.15, 0.2) is 6.29 Å². The summed E-state index contributed by atoms with van der Waals surface area (Å²) < 4.78 is 15.2. The Kier molecular flexibility index (Phi) is 5.92. The molecule has 0 aliphatic carbocycles. The summed E-state index contributed by atoms with van der Waals surface area (Å²) in [5.41, 5.74) is 0. The zero-order valence-electron chi connectivity index (χ0n) is 12.0. The van der Waals surface area contributed by atoms with Gasteiger partial charge in [0.25, 0.3) is 0 Å². The fourth-order valence-corrected chi connectivity index (χ4v) is 2.53. The van der Waals surface area contributed by atoms with E-state index in [1.54, 1.807) is 0 Å². The Morgan fingerprint density at radius 3 is 2.04 bits per heavy atom. The van der Waals surface area contributed by atoms with E-state index in [0.29, 0.717) is 0 Å². The predicted octanol–water partition coefficient (Wildman–Crippen LogP) is -5.40. The van der Waals surface area contributed by atoms with Crippen molar-refractivity contribution >= 4 is 0 Å². The van der Waals surface area contributed by atoms with Crippen molar-refractivity contribution < 1.29 is 55.1 Å². The van der Waals surface area contributed by atoms with Crippen molar-refractivity contribution in [3.05, 3.63) is 0 Å². The highest BCUT2D eigenvalue weighted by Crippen LogP contribution is 2.30. The van der Waals surface area contributed by atoms with E-state index < -0.39 is 74.6 Å². The van der Waals surface area contributed by atoms with Crippen LogP contribution in [0.4, 0.5) is 0 Å². The van der Waals surface area contributed by atoms with E-state index in [2.05, 4.69) is 0 Å². The van der Waals surface area contributed by atoms with Crippen LogP contribution in [-0.2, 0) is 14.2 Å². The highest BCUT2D eigenvalue weighted by Gasteiger charge is 2.53. The Balaban J connectivity index is 1.95. The maximum atomic E-state index is 9.78. The first-order valence-electron chi connectivity index (χ1n) is 7.04. The summed E-state index contributed by atoms with van der Waals surface area (Å²) in [5, 5.41) is 76.1. The van der Waals surface area contributed by atoms with E-state index in [9.17, 15) is 30.6 Å². The molecule has 0 bridgehead atoms. The molecule has 2 heterocycles. The molecule has 136 valence electrons. The molecule has 0 amide bonds. The van der Waals surface area contributed by atoms with Crippen LogP contribution in [0.1, 0.15) is 0 Å². The second-order valence-electron chi connectivity index (χ2n) is 5.63. The lowest BCUT2D eigenvalue weighted by Crippen LogP contribution is -2.59. The van der Waals surface area contributed by atoms with Gasteiger partial charge in [-0.05, 0) is 0 Å². The van der Waals surface area contributed by atoms with Crippen molar-refractivity contribution in [1.82, 2.24) is 0 Å². The molecule has 0 radical (unpaired) electrons. The van der Waals surface area contributed by atoms with E-state index in [-0.39, 0.29) is 0 Å². The molecule has 2 aliphatic rings. The quantitative estimate of drug-likeness (QED) is 0.238. The molecule has 2 rings (SSSR count). The highest BCUT2D eigenvalue weighted by atomic mass is 16.7. The van der Waals surface area contributed by atoms with Crippen LogP contribution in [0.15, 0.2) is 0 Å². The molecule has 8 N–H and O–H groups in total. The van der Waals surface area contributed by atoms with Crippen molar-refractivity contribution in [3.8, 4) is 0 Å². The van der Waals surface area contributed by atoms with Gasteiger partial charge in [0.1, 0.15) is 42.7 Å². The summed E-state index contributed by atoms with van der Waals surface area (Å²) in [6.45, 7) is -2.05. The molecule has 0 aromatic carbocycles. The Hall–Kier alpha value is -0.440. The molecule has 0 aromatic rings. The lowest BCUT2D eigenvalue weighted by molar-refractivity contribution is -0.310. The molecule has 0 aromatic heterocycles. The van der Waals surface area contributed by atoms with Crippen molar-refractivity contribution in [2.45, 2.75) is 54.8 Å². The second kappa shape index (κ2) is 7.21. The second-order valence-corrected chi connectivity index (χ2v) is 5.63. The largest absolute Gasteiger partial charge is 0.394 e. The third-order valence-corrected chi connectivity index (χ3v) is 4.02. The molecule has 0 unspecified atom stereocenters. The molecule has 0 saturated carbocycles. The van der Waals surface area contributed by atoms with Crippen LogP contribution < -0.4 is 0 Å². The van der Waals surface area contributed by atoms with Gasteiger partial charge in [-0.2, -0.15) is 0 Å². The maximum Gasteiger partial charge on any atom is 0.219 e. The summed E-state index contributed by atoms with van der Waals surface area (Å²) in [5.74, 6) is -2.34. The predicted molar refractivity (Wildman–Crippen MR) is 68.6 cm³/mol. The monoisotopic (exact) mass is 342 g/mol. The first-order chi connectivity index (χ1) is 10.7. The topological polar surface area (TPSA) is 190 Å². The van der Waals surface area contributed by atoms with Gasteiger partial charge >= 0.3 is 0 Å². The normalized spacial score (nSPS) is 51.1. The Labute approximate surface area is 130 Å². The molecule has 11 heteroatoms. The first kappa shape index (κ1) is 18.9. The Morgan fingerprint density at radius 2 is 1.52 bits per heavy atom. The number of rotatable bonds is 5. The minimum atomic E-state index is -2.34. The van der Waals surface area contributed by atoms with Gasteiger partial charge in [-0.25, -0.2) is 0 Å². The number of ether oxygens (including phenoxy) is 3. The van der Waals surface area contributed by atoms with Gasteiger partial charge in [0.2, 0.25) is 5.79 Å². The molecule has 2 fully saturated rings. The molecule has 9 atom stereocenters. The smallest absolute Gasteiger partial charge is 0.219 e. The average molecular weight is 342 g/mol. The first-order valence-corrected chi connectivity index (χ1v) is 7.04. The van der Waals surface area contributed by atoms with E-state index in [1.165, 1.54) is 0 Å². The van der Waals surface area contributed by atoms with Gasteiger partial charge in [-0.1, -0.05) is 0 Å². The van der Waals surface area contributed by atoms with Crippen LogP contribution in [-0.4, -0.2) is 115 Å². The van der Waals surface area contributed by atoms with Crippen LogP contribution in [0, 0.1) is 0 Å². The van der Waals surface area contributed by atoms with Crippen LogP contribution in [0.5, 0.6) is 0 Å². The molecule has 2 saturated heterocycles. The highest BCUT2D eigenvalue weighted by molar-refractivity contribution is 4.95. The van der Waals surface area contributed by atoms with Crippen molar-refractivity contribution in [1.29, 1.82) is 0 Å². The lowest BCUT2D eigenvalue weighted by atomic mass is 9.99. The fraction of sp³-hybridized carbons (Fsp3) is 1.00. The van der Waals surface area contributed by atoms with Gasteiger partial charge in [-0.3, -0.25) is 0 Å². The number of aliphatic hydroxyl groups is 8. The summed E-state index contributed by atoms with van der Waals surface area (Å²) in [4.78, 5) is 0. The van der Waals surface area contributed by atoms with Gasteiger partial charge < -0.3 is 55.1 Å². The number of hydrogen-bond donors (Lipinski definition) is 8. The number of aliphatic hydroxyl groups excluding tert-OH is 7. The van der Waals surface area contributed by atoms with Gasteiger partial charge in [0.05, 0.1) is 19.8 Å². The standard InChI is InChI=1S/C12H22O11/c13-1-4-6(15)8(17)9(18)11(22-4)21-2-5-7(16)10(19)12(20,3-14)23-5/h4-11,13-20H,1-3H2/t4-,5+,6-,7-,8+,9-,10+,11+,12+/m1/s1. The maximum absolute atomic E-state index is 9.78. The van der Waals surface area contributed by atoms with E-state index in [0.717, 1.165) is 0 Å². The van der Waals surface area contributed by atoms with E-state index in [1.807, 2.05) is 0 Å². The molecule has 11 nitrogen and oxygen atoms in total. The third kappa shape index (κ3) is 3.50. The third-order valence-electron chi connectivity index (χ3n) is 4.02. The molecular weight excluding hydrogens is 320 g/mol.